The zero-order chi connectivity index (χ0) is 8.74. The lowest BCUT2D eigenvalue weighted by atomic mass is 9.91. The first-order valence-corrected chi connectivity index (χ1v) is 4.38. The van der Waals surface area contributed by atoms with E-state index < -0.39 is 0 Å². The van der Waals surface area contributed by atoms with Crippen LogP contribution in [0, 0.1) is 5.41 Å². The summed E-state index contributed by atoms with van der Waals surface area (Å²) < 4.78 is 0. The molecule has 0 saturated heterocycles. The van der Waals surface area contributed by atoms with Crippen LogP contribution in [0.1, 0.15) is 33.6 Å². The van der Waals surface area contributed by atoms with Gasteiger partial charge in [-0.1, -0.05) is 26.8 Å². The first-order chi connectivity index (χ1) is 5.06. The normalized spacial score (nSPS) is 11.5. The zero-order valence-corrected chi connectivity index (χ0v) is 8.11. The molecule has 0 aliphatic heterocycles. The predicted molar refractivity (Wildman–Crippen MR) is 51.8 cm³/mol. The molecule has 1 heteroatoms. The standard InChI is InChI=1S/C10H21N/c1-5-8-11-9-6-7-10(2,3)4/h5,11H,1,6-9H2,2-4H3. The van der Waals surface area contributed by atoms with E-state index in [-0.39, 0.29) is 0 Å². The van der Waals surface area contributed by atoms with Crippen molar-refractivity contribution >= 4 is 0 Å². The highest BCUT2D eigenvalue weighted by Gasteiger charge is 2.08. The van der Waals surface area contributed by atoms with E-state index in [0.29, 0.717) is 5.41 Å². The number of hydrogen-bond acceptors (Lipinski definition) is 1. The molecule has 0 atom stereocenters. The van der Waals surface area contributed by atoms with Crippen LogP contribution in [0.3, 0.4) is 0 Å². The molecule has 11 heavy (non-hydrogen) atoms. The van der Waals surface area contributed by atoms with Gasteiger partial charge in [0.15, 0.2) is 0 Å². The van der Waals surface area contributed by atoms with Crippen LogP contribution in [0.5, 0.6) is 0 Å². The first-order valence-electron chi connectivity index (χ1n) is 4.38. The summed E-state index contributed by atoms with van der Waals surface area (Å²) in [5.74, 6) is 0. The second-order valence-corrected chi connectivity index (χ2v) is 4.16. The molecular weight excluding hydrogens is 134 g/mol. The monoisotopic (exact) mass is 155 g/mol. The van der Waals surface area contributed by atoms with E-state index >= 15 is 0 Å². The Morgan fingerprint density at radius 1 is 1.36 bits per heavy atom. The summed E-state index contributed by atoms with van der Waals surface area (Å²) in [6.07, 6.45) is 4.45. The van der Waals surface area contributed by atoms with Gasteiger partial charge in [0.1, 0.15) is 0 Å². The molecule has 0 aromatic carbocycles. The highest BCUT2D eigenvalue weighted by Crippen LogP contribution is 2.19. The molecule has 0 bridgehead atoms. The minimum absolute atomic E-state index is 0.482. The molecule has 0 spiro atoms. The summed E-state index contributed by atoms with van der Waals surface area (Å²) in [5, 5.41) is 3.29. The number of nitrogens with one attached hydrogen (secondary N) is 1. The Bertz CT molecular complexity index is 99.9. The third-order valence-electron chi connectivity index (χ3n) is 1.57. The van der Waals surface area contributed by atoms with Crippen molar-refractivity contribution in [3.05, 3.63) is 12.7 Å². The van der Waals surface area contributed by atoms with E-state index in [1.807, 2.05) is 6.08 Å². The van der Waals surface area contributed by atoms with E-state index in [1.54, 1.807) is 0 Å². The third kappa shape index (κ3) is 9.70. The summed E-state index contributed by atoms with van der Waals surface area (Å²) in [6, 6.07) is 0. The highest BCUT2D eigenvalue weighted by molar-refractivity contribution is 4.70. The fourth-order valence-corrected chi connectivity index (χ4v) is 0.948. The fourth-order valence-electron chi connectivity index (χ4n) is 0.948. The molecule has 1 N–H and O–H groups in total. The molecule has 0 aromatic rings. The van der Waals surface area contributed by atoms with Crippen molar-refractivity contribution < 1.29 is 0 Å². The number of rotatable bonds is 5. The van der Waals surface area contributed by atoms with Gasteiger partial charge in [-0.3, -0.25) is 0 Å². The topological polar surface area (TPSA) is 12.0 Å². The van der Waals surface area contributed by atoms with Crippen molar-refractivity contribution in [3.8, 4) is 0 Å². The maximum Gasteiger partial charge on any atom is 0.0132 e. The largest absolute Gasteiger partial charge is 0.313 e. The van der Waals surface area contributed by atoms with Crippen LogP contribution in [0.4, 0.5) is 0 Å². The maximum absolute atomic E-state index is 3.64. The van der Waals surface area contributed by atoms with Gasteiger partial charge < -0.3 is 5.32 Å². The second-order valence-electron chi connectivity index (χ2n) is 4.16. The Hall–Kier alpha value is -0.300. The van der Waals surface area contributed by atoms with E-state index in [1.165, 1.54) is 12.8 Å². The predicted octanol–water partition coefficient (Wildman–Crippen LogP) is 2.59. The van der Waals surface area contributed by atoms with Crippen LogP contribution in [0.25, 0.3) is 0 Å². The lowest BCUT2D eigenvalue weighted by Crippen LogP contribution is -2.17. The molecule has 0 heterocycles. The Morgan fingerprint density at radius 2 is 2.00 bits per heavy atom. The van der Waals surface area contributed by atoms with Crippen molar-refractivity contribution in [2.75, 3.05) is 13.1 Å². The van der Waals surface area contributed by atoms with Crippen LogP contribution in [0.15, 0.2) is 12.7 Å². The molecule has 0 rings (SSSR count). The van der Waals surface area contributed by atoms with Crippen molar-refractivity contribution in [2.24, 2.45) is 5.41 Å². The SMILES string of the molecule is C=CCNCCCC(C)(C)C. The van der Waals surface area contributed by atoms with E-state index in [0.717, 1.165) is 13.1 Å². The molecular formula is C10H21N. The van der Waals surface area contributed by atoms with Gasteiger partial charge in [-0.25, -0.2) is 0 Å². The smallest absolute Gasteiger partial charge is 0.0132 e. The Balaban J connectivity index is 3.08. The Kier molecular flexibility index (Phi) is 5.22. The van der Waals surface area contributed by atoms with E-state index in [4.69, 9.17) is 0 Å². The summed E-state index contributed by atoms with van der Waals surface area (Å²) >= 11 is 0. The lowest BCUT2D eigenvalue weighted by molar-refractivity contribution is 0.362. The van der Waals surface area contributed by atoms with Gasteiger partial charge in [-0.2, -0.15) is 0 Å². The van der Waals surface area contributed by atoms with Crippen molar-refractivity contribution in [3.63, 3.8) is 0 Å². The van der Waals surface area contributed by atoms with Crippen LogP contribution in [-0.2, 0) is 0 Å². The van der Waals surface area contributed by atoms with Crippen molar-refractivity contribution in [2.45, 2.75) is 33.6 Å². The van der Waals surface area contributed by atoms with Gasteiger partial charge >= 0.3 is 0 Å². The first kappa shape index (κ1) is 10.7. The van der Waals surface area contributed by atoms with E-state index in [2.05, 4.69) is 32.7 Å². The minimum atomic E-state index is 0.482. The number of hydrogen-bond donors (Lipinski definition) is 1. The minimum Gasteiger partial charge on any atom is -0.313 e. The van der Waals surface area contributed by atoms with Crippen LogP contribution >= 0.6 is 0 Å². The summed E-state index contributed by atoms with van der Waals surface area (Å²) in [4.78, 5) is 0. The summed E-state index contributed by atoms with van der Waals surface area (Å²) in [5.41, 5.74) is 0.482. The van der Waals surface area contributed by atoms with Gasteiger partial charge in [0.25, 0.3) is 0 Å². The van der Waals surface area contributed by atoms with Crippen LogP contribution in [-0.4, -0.2) is 13.1 Å². The summed E-state index contributed by atoms with van der Waals surface area (Å²) in [7, 11) is 0. The van der Waals surface area contributed by atoms with Gasteiger partial charge in [0, 0.05) is 6.54 Å². The Morgan fingerprint density at radius 3 is 2.45 bits per heavy atom. The quantitative estimate of drug-likeness (QED) is 0.475. The van der Waals surface area contributed by atoms with Crippen molar-refractivity contribution in [1.29, 1.82) is 0 Å². The molecule has 0 aromatic heterocycles. The molecule has 0 saturated carbocycles. The molecule has 0 aliphatic carbocycles. The van der Waals surface area contributed by atoms with E-state index in [9.17, 15) is 0 Å². The van der Waals surface area contributed by atoms with Crippen LogP contribution < -0.4 is 5.32 Å². The summed E-state index contributed by atoms with van der Waals surface area (Å²) in [6.45, 7) is 12.5. The van der Waals surface area contributed by atoms with Gasteiger partial charge in [-0.05, 0) is 24.8 Å². The fraction of sp³-hybridized carbons (Fsp3) is 0.800. The molecule has 0 amide bonds. The van der Waals surface area contributed by atoms with Gasteiger partial charge in [0.05, 0.1) is 0 Å². The lowest BCUT2D eigenvalue weighted by Gasteiger charge is -2.17. The third-order valence-corrected chi connectivity index (χ3v) is 1.57. The average Bonchev–Trinajstić information content (AvgIpc) is 1.85. The molecule has 66 valence electrons. The van der Waals surface area contributed by atoms with Gasteiger partial charge in [-0.15, -0.1) is 6.58 Å². The molecule has 0 unspecified atom stereocenters. The van der Waals surface area contributed by atoms with Crippen LogP contribution in [0.2, 0.25) is 0 Å². The molecule has 0 fully saturated rings. The Labute approximate surface area is 70.9 Å². The van der Waals surface area contributed by atoms with Gasteiger partial charge in [0.2, 0.25) is 0 Å². The second kappa shape index (κ2) is 5.36. The molecule has 0 radical (unpaired) electrons. The highest BCUT2D eigenvalue weighted by atomic mass is 14.8. The van der Waals surface area contributed by atoms with Crippen molar-refractivity contribution in [1.82, 2.24) is 5.32 Å². The average molecular weight is 155 g/mol. The molecule has 0 aliphatic rings. The zero-order valence-electron chi connectivity index (χ0n) is 8.11. The maximum atomic E-state index is 3.64. The molecule has 1 nitrogen and oxygen atoms in total.